The van der Waals surface area contributed by atoms with Crippen molar-refractivity contribution < 1.29 is 4.74 Å². The van der Waals surface area contributed by atoms with E-state index in [2.05, 4.69) is 57.3 Å². The third-order valence-electron chi connectivity index (χ3n) is 3.07. The average molecular weight is 235 g/mol. The second-order valence-electron chi connectivity index (χ2n) is 4.56. The topological polar surface area (TPSA) is 21.3 Å². The molecule has 1 rings (SSSR count). The van der Waals surface area contributed by atoms with Gasteiger partial charge in [0, 0.05) is 6.04 Å². The van der Waals surface area contributed by atoms with E-state index in [1.54, 1.807) is 0 Å². The Morgan fingerprint density at radius 2 is 1.76 bits per heavy atom. The van der Waals surface area contributed by atoms with Crippen molar-refractivity contribution in [2.24, 2.45) is 0 Å². The smallest absolute Gasteiger partial charge is 0.119 e. The first-order valence-corrected chi connectivity index (χ1v) is 6.66. The number of nitrogens with one attached hydrogen (secondary N) is 1. The Balaban J connectivity index is 2.46. The SMILES string of the molecule is CCCNC(C)C(C)Oc1ccc(CC)cc1. The summed E-state index contributed by atoms with van der Waals surface area (Å²) in [5.41, 5.74) is 1.35. The molecule has 2 unspecified atom stereocenters. The van der Waals surface area contributed by atoms with Gasteiger partial charge in [-0.15, -0.1) is 0 Å². The maximum absolute atomic E-state index is 5.91. The Morgan fingerprint density at radius 3 is 2.29 bits per heavy atom. The normalized spacial score (nSPS) is 14.4. The summed E-state index contributed by atoms with van der Waals surface area (Å²) < 4.78 is 5.91. The summed E-state index contributed by atoms with van der Waals surface area (Å²) in [7, 11) is 0. The fraction of sp³-hybridized carbons (Fsp3) is 0.600. The van der Waals surface area contributed by atoms with Crippen molar-refractivity contribution in [2.45, 2.75) is 52.7 Å². The molecule has 0 radical (unpaired) electrons. The van der Waals surface area contributed by atoms with Crippen LogP contribution in [0, 0.1) is 0 Å². The van der Waals surface area contributed by atoms with E-state index >= 15 is 0 Å². The minimum absolute atomic E-state index is 0.189. The van der Waals surface area contributed by atoms with E-state index in [1.165, 1.54) is 5.56 Å². The average Bonchev–Trinajstić information content (AvgIpc) is 2.36. The lowest BCUT2D eigenvalue weighted by Gasteiger charge is -2.22. The zero-order valence-corrected chi connectivity index (χ0v) is 11.5. The molecule has 0 fully saturated rings. The zero-order valence-electron chi connectivity index (χ0n) is 11.5. The van der Waals surface area contributed by atoms with Crippen molar-refractivity contribution in [1.82, 2.24) is 5.32 Å². The van der Waals surface area contributed by atoms with Gasteiger partial charge < -0.3 is 10.1 Å². The molecule has 0 aliphatic rings. The van der Waals surface area contributed by atoms with Crippen molar-refractivity contribution in [3.8, 4) is 5.75 Å². The minimum Gasteiger partial charge on any atom is -0.489 e. The largest absolute Gasteiger partial charge is 0.489 e. The standard InChI is InChI=1S/C15H25NO/c1-5-11-16-12(3)13(4)17-15-9-7-14(6-2)8-10-15/h7-10,12-13,16H,5-6,11H2,1-4H3. The molecule has 0 aromatic heterocycles. The monoisotopic (exact) mass is 235 g/mol. The van der Waals surface area contributed by atoms with Crippen LogP contribution in [0.2, 0.25) is 0 Å². The number of hydrogen-bond donors (Lipinski definition) is 1. The van der Waals surface area contributed by atoms with E-state index in [1.807, 2.05) is 0 Å². The van der Waals surface area contributed by atoms with Gasteiger partial charge >= 0.3 is 0 Å². The van der Waals surface area contributed by atoms with Crippen LogP contribution >= 0.6 is 0 Å². The molecule has 1 N–H and O–H groups in total. The van der Waals surface area contributed by atoms with Crippen molar-refractivity contribution in [3.05, 3.63) is 29.8 Å². The lowest BCUT2D eigenvalue weighted by molar-refractivity contribution is 0.178. The van der Waals surface area contributed by atoms with Crippen LogP contribution in [0.3, 0.4) is 0 Å². The molecular weight excluding hydrogens is 210 g/mol. The van der Waals surface area contributed by atoms with Crippen molar-refractivity contribution in [2.75, 3.05) is 6.54 Å². The van der Waals surface area contributed by atoms with Gasteiger partial charge in [0.2, 0.25) is 0 Å². The Hall–Kier alpha value is -1.02. The highest BCUT2D eigenvalue weighted by molar-refractivity contribution is 5.27. The molecule has 17 heavy (non-hydrogen) atoms. The molecule has 0 amide bonds. The molecule has 0 heterocycles. The van der Waals surface area contributed by atoms with Crippen LogP contribution in [0.1, 0.15) is 39.7 Å². The van der Waals surface area contributed by atoms with E-state index in [-0.39, 0.29) is 6.10 Å². The van der Waals surface area contributed by atoms with E-state index < -0.39 is 0 Å². The summed E-state index contributed by atoms with van der Waals surface area (Å²) in [6.07, 6.45) is 2.42. The third-order valence-corrected chi connectivity index (χ3v) is 3.07. The van der Waals surface area contributed by atoms with Gasteiger partial charge in [0.25, 0.3) is 0 Å². The molecule has 0 saturated heterocycles. The quantitative estimate of drug-likeness (QED) is 0.782. The molecule has 2 nitrogen and oxygen atoms in total. The highest BCUT2D eigenvalue weighted by Crippen LogP contribution is 2.15. The number of rotatable bonds is 7. The third kappa shape index (κ3) is 4.78. The lowest BCUT2D eigenvalue weighted by atomic mass is 10.1. The Bertz CT molecular complexity index is 307. The molecule has 1 aromatic carbocycles. The van der Waals surface area contributed by atoms with E-state index in [0.717, 1.165) is 25.1 Å². The molecule has 2 atom stereocenters. The summed E-state index contributed by atoms with van der Waals surface area (Å²) in [4.78, 5) is 0. The van der Waals surface area contributed by atoms with E-state index in [9.17, 15) is 0 Å². The molecule has 2 heteroatoms. The van der Waals surface area contributed by atoms with Crippen LogP contribution in [0.4, 0.5) is 0 Å². The number of hydrogen-bond acceptors (Lipinski definition) is 2. The molecule has 0 bridgehead atoms. The van der Waals surface area contributed by atoms with E-state index in [0.29, 0.717) is 6.04 Å². The van der Waals surface area contributed by atoms with Crippen LogP contribution in [0.25, 0.3) is 0 Å². The fourth-order valence-corrected chi connectivity index (χ4v) is 1.66. The molecule has 96 valence electrons. The predicted molar refractivity (Wildman–Crippen MR) is 73.7 cm³/mol. The van der Waals surface area contributed by atoms with Gasteiger partial charge in [0.15, 0.2) is 0 Å². The number of aryl methyl sites for hydroxylation is 1. The van der Waals surface area contributed by atoms with Gasteiger partial charge in [0.05, 0.1) is 0 Å². The summed E-state index contributed by atoms with van der Waals surface area (Å²) in [6.45, 7) is 9.66. The second-order valence-corrected chi connectivity index (χ2v) is 4.56. The Kier molecular flexibility index (Phi) is 6.06. The van der Waals surface area contributed by atoms with Crippen LogP contribution in [-0.2, 0) is 6.42 Å². The van der Waals surface area contributed by atoms with Crippen LogP contribution in [0.5, 0.6) is 5.75 Å². The van der Waals surface area contributed by atoms with Crippen LogP contribution < -0.4 is 10.1 Å². The van der Waals surface area contributed by atoms with Crippen molar-refractivity contribution in [3.63, 3.8) is 0 Å². The predicted octanol–water partition coefficient (Wildman–Crippen LogP) is 3.40. The van der Waals surface area contributed by atoms with Crippen LogP contribution in [-0.4, -0.2) is 18.7 Å². The van der Waals surface area contributed by atoms with Gasteiger partial charge in [-0.3, -0.25) is 0 Å². The summed E-state index contributed by atoms with van der Waals surface area (Å²) in [5, 5.41) is 3.45. The molecule has 0 saturated carbocycles. The van der Waals surface area contributed by atoms with Crippen molar-refractivity contribution >= 4 is 0 Å². The van der Waals surface area contributed by atoms with Gasteiger partial charge in [-0.05, 0) is 50.9 Å². The van der Waals surface area contributed by atoms with Gasteiger partial charge in [-0.1, -0.05) is 26.0 Å². The molecular formula is C15H25NO. The van der Waals surface area contributed by atoms with Gasteiger partial charge in [-0.25, -0.2) is 0 Å². The summed E-state index contributed by atoms with van der Waals surface area (Å²) in [5.74, 6) is 0.958. The Labute approximate surface area is 105 Å². The van der Waals surface area contributed by atoms with Crippen molar-refractivity contribution in [1.29, 1.82) is 0 Å². The highest BCUT2D eigenvalue weighted by Gasteiger charge is 2.12. The maximum atomic E-state index is 5.91. The Morgan fingerprint density at radius 1 is 1.12 bits per heavy atom. The summed E-state index contributed by atoms with van der Waals surface area (Å²) in [6, 6.07) is 8.75. The maximum Gasteiger partial charge on any atom is 0.119 e. The van der Waals surface area contributed by atoms with Crippen LogP contribution in [0.15, 0.2) is 24.3 Å². The minimum atomic E-state index is 0.189. The molecule has 0 aliphatic heterocycles. The zero-order chi connectivity index (χ0) is 12.7. The van der Waals surface area contributed by atoms with Gasteiger partial charge in [0.1, 0.15) is 11.9 Å². The molecule has 0 aliphatic carbocycles. The molecule has 0 spiro atoms. The first-order valence-electron chi connectivity index (χ1n) is 6.66. The summed E-state index contributed by atoms with van der Waals surface area (Å²) >= 11 is 0. The lowest BCUT2D eigenvalue weighted by Crippen LogP contribution is -2.39. The van der Waals surface area contributed by atoms with E-state index in [4.69, 9.17) is 4.74 Å². The van der Waals surface area contributed by atoms with Gasteiger partial charge in [-0.2, -0.15) is 0 Å². The second kappa shape index (κ2) is 7.33. The molecule has 1 aromatic rings. The number of ether oxygens (including phenoxy) is 1. The fourth-order valence-electron chi connectivity index (χ4n) is 1.66. The first kappa shape index (κ1) is 14.0. The highest BCUT2D eigenvalue weighted by atomic mass is 16.5. The number of benzene rings is 1. The first-order chi connectivity index (χ1) is 8.17.